The number of allylic oxidation sites excluding steroid dienone is 1. The summed E-state index contributed by atoms with van der Waals surface area (Å²) in [4.78, 5) is 11.5. The Morgan fingerprint density at radius 2 is 2.08 bits per heavy atom. The molecule has 1 rings (SSSR count). The van der Waals surface area contributed by atoms with Gasteiger partial charge in [0, 0.05) is 12.0 Å². The van der Waals surface area contributed by atoms with Crippen molar-refractivity contribution in [2.75, 3.05) is 0 Å². The number of Topliss-reactive ketones (excluding diaryl/α,β-unsaturated/α-hetero) is 1. The maximum atomic E-state index is 11.5. The van der Waals surface area contributed by atoms with Gasteiger partial charge in [0.1, 0.15) is 0 Å². The number of rotatable bonds is 4. The van der Waals surface area contributed by atoms with Gasteiger partial charge in [-0.3, -0.25) is 4.79 Å². The van der Waals surface area contributed by atoms with Crippen molar-refractivity contribution in [3.8, 4) is 0 Å². The number of hydrogen-bond acceptors (Lipinski definition) is 1. The van der Waals surface area contributed by atoms with Crippen LogP contribution in [0.2, 0.25) is 0 Å². The van der Waals surface area contributed by atoms with Crippen molar-refractivity contribution in [1.82, 2.24) is 0 Å². The van der Waals surface area contributed by atoms with Crippen LogP contribution in [0.3, 0.4) is 0 Å². The van der Waals surface area contributed by atoms with Crippen LogP contribution in [0, 0.1) is 0 Å². The zero-order valence-corrected chi connectivity index (χ0v) is 8.00. The standard InChI is InChI=1S/C11H11ClO/c1-2-10(12)8-11(13)9-6-4-3-5-7-9/h2-7,10H,1,8H2. The molecule has 0 saturated heterocycles. The Morgan fingerprint density at radius 1 is 1.46 bits per heavy atom. The van der Waals surface area contributed by atoms with Crippen LogP contribution in [0.4, 0.5) is 0 Å². The van der Waals surface area contributed by atoms with Crippen LogP contribution in [0.25, 0.3) is 0 Å². The molecule has 68 valence electrons. The first-order valence-corrected chi connectivity index (χ1v) is 4.52. The predicted octanol–water partition coefficient (Wildman–Crippen LogP) is 3.05. The van der Waals surface area contributed by atoms with Crippen molar-refractivity contribution in [2.24, 2.45) is 0 Å². The molecule has 0 amide bonds. The summed E-state index contributed by atoms with van der Waals surface area (Å²) in [7, 11) is 0. The normalized spacial score (nSPS) is 12.1. The number of ketones is 1. The fourth-order valence-electron chi connectivity index (χ4n) is 1.00. The van der Waals surface area contributed by atoms with Gasteiger partial charge in [-0.25, -0.2) is 0 Å². The summed E-state index contributed by atoms with van der Waals surface area (Å²) in [6, 6.07) is 9.13. The molecule has 1 aromatic rings. The molecule has 1 atom stereocenters. The van der Waals surface area contributed by atoms with E-state index >= 15 is 0 Å². The highest BCUT2D eigenvalue weighted by molar-refractivity contribution is 6.23. The summed E-state index contributed by atoms with van der Waals surface area (Å²) in [6.07, 6.45) is 1.89. The second kappa shape index (κ2) is 4.83. The summed E-state index contributed by atoms with van der Waals surface area (Å²) >= 11 is 5.77. The Labute approximate surface area is 83.0 Å². The summed E-state index contributed by atoms with van der Waals surface area (Å²) in [5.74, 6) is 0.0560. The van der Waals surface area contributed by atoms with Gasteiger partial charge < -0.3 is 0 Å². The second-order valence-electron chi connectivity index (χ2n) is 2.75. The molecule has 0 fully saturated rings. The van der Waals surface area contributed by atoms with E-state index in [9.17, 15) is 4.79 Å². The summed E-state index contributed by atoms with van der Waals surface area (Å²) in [5, 5.41) is -0.271. The molecular weight excluding hydrogens is 184 g/mol. The number of carbonyl (C=O) groups is 1. The van der Waals surface area contributed by atoms with Crippen molar-refractivity contribution in [1.29, 1.82) is 0 Å². The second-order valence-corrected chi connectivity index (χ2v) is 3.31. The molecule has 2 heteroatoms. The zero-order valence-electron chi connectivity index (χ0n) is 7.24. The number of halogens is 1. The Morgan fingerprint density at radius 3 is 2.62 bits per heavy atom. The molecule has 0 aliphatic heterocycles. The molecule has 1 unspecified atom stereocenters. The quantitative estimate of drug-likeness (QED) is 0.409. The highest BCUT2D eigenvalue weighted by atomic mass is 35.5. The van der Waals surface area contributed by atoms with Gasteiger partial charge in [0.15, 0.2) is 5.78 Å². The third-order valence-corrected chi connectivity index (χ3v) is 2.06. The van der Waals surface area contributed by atoms with E-state index in [1.165, 1.54) is 0 Å². The monoisotopic (exact) mass is 194 g/mol. The topological polar surface area (TPSA) is 17.1 Å². The van der Waals surface area contributed by atoms with E-state index in [0.29, 0.717) is 12.0 Å². The van der Waals surface area contributed by atoms with Crippen LogP contribution in [0.5, 0.6) is 0 Å². The SMILES string of the molecule is C=CC(Cl)CC(=O)c1ccccc1. The molecule has 0 N–H and O–H groups in total. The molecule has 0 aliphatic carbocycles. The van der Waals surface area contributed by atoms with Gasteiger partial charge in [-0.05, 0) is 0 Å². The minimum Gasteiger partial charge on any atom is -0.294 e. The van der Waals surface area contributed by atoms with Crippen molar-refractivity contribution in [3.63, 3.8) is 0 Å². The Hall–Kier alpha value is -1.08. The van der Waals surface area contributed by atoms with Gasteiger partial charge in [0.25, 0.3) is 0 Å². The molecular formula is C11H11ClO. The van der Waals surface area contributed by atoms with E-state index in [1.807, 2.05) is 18.2 Å². The van der Waals surface area contributed by atoms with Crippen LogP contribution in [-0.2, 0) is 0 Å². The molecule has 0 bridgehead atoms. The minimum absolute atomic E-state index is 0.0560. The minimum atomic E-state index is -0.271. The highest BCUT2D eigenvalue weighted by Gasteiger charge is 2.08. The van der Waals surface area contributed by atoms with Crippen molar-refractivity contribution in [2.45, 2.75) is 11.8 Å². The first-order chi connectivity index (χ1) is 6.24. The maximum Gasteiger partial charge on any atom is 0.164 e. The van der Waals surface area contributed by atoms with E-state index in [-0.39, 0.29) is 11.2 Å². The number of alkyl halides is 1. The third kappa shape index (κ3) is 3.03. The fourth-order valence-corrected chi connectivity index (χ4v) is 1.14. The van der Waals surface area contributed by atoms with Crippen LogP contribution in [0.15, 0.2) is 43.0 Å². The zero-order chi connectivity index (χ0) is 9.68. The molecule has 1 aromatic carbocycles. The molecule has 0 aromatic heterocycles. The van der Waals surface area contributed by atoms with Gasteiger partial charge >= 0.3 is 0 Å². The lowest BCUT2D eigenvalue weighted by molar-refractivity contribution is 0.0985. The van der Waals surface area contributed by atoms with Crippen molar-refractivity contribution in [3.05, 3.63) is 48.6 Å². The Bertz CT molecular complexity index is 292. The predicted molar refractivity (Wildman–Crippen MR) is 55.2 cm³/mol. The first kappa shape index (κ1) is 10.0. The molecule has 0 aliphatic rings. The molecule has 0 saturated carbocycles. The summed E-state index contributed by atoms with van der Waals surface area (Å²) < 4.78 is 0. The number of benzene rings is 1. The van der Waals surface area contributed by atoms with Gasteiger partial charge in [-0.15, -0.1) is 18.2 Å². The van der Waals surface area contributed by atoms with E-state index in [2.05, 4.69) is 6.58 Å². The maximum absolute atomic E-state index is 11.5. The molecule has 0 radical (unpaired) electrons. The van der Waals surface area contributed by atoms with Crippen molar-refractivity contribution < 1.29 is 4.79 Å². The van der Waals surface area contributed by atoms with Crippen LogP contribution < -0.4 is 0 Å². The van der Waals surface area contributed by atoms with Gasteiger partial charge in [-0.2, -0.15) is 0 Å². The first-order valence-electron chi connectivity index (χ1n) is 4.09. The summed E-state index contributed by atoms with van der Waals surface area (Å²) in [5.41, 5.74) is 0.704. The lowest BCUT2D eigenvalue weighted by Crippen LogP contribution is -2.05. The lowest BCUT2D eigenvalue weighted by atomic mass is 10.1. The average Bonchev–Trinajstić information content (AvgIpc) is 2.19. The molecule has 0 spiro atoms. The third-order valence-electron chi connectivity index (χ3n) is 1.73. The lowest BCUT2D eigenvalue weighted by Gasteiger charge is -2.02. The Kier molecular flexibility index (Phi) is 3.71. The largest absolute Gasteiger partial charge is 0.294 e. The van der Waals surface area contributed by atoms with Crippen LogP contribution in [0.1, 0.15) is 16.8 Å². The van der Waals surface area contributed by atoms with E-state index in [4.69, 9.17) is 11.6 Å². The van der Waals surface area contributed by atoms with E-state index in [0.717, 1.165) is 0 Å². The van der Waals surface area contributed by atoms with E-state index < -0.39 is 0 Å². The number of carbonyl (C=O) groups excluding carboxylic acids is 1. The van der Waals surface area contributed by atoms with Gasteiger partial charge in [0.05, 0.1) is 5.38 Å². The van der Waals surface area contributed by atoms with Gasteiger partial charge in [0.2, 0.25) is 0 Å². The summed E-state index contributed by atoms with van der Waals surface area (Å²) in [6.45, 7) is 3.52. The average molecular weight is 195 g/mol. The Balaban J connectivity index is 2.64. The molecule has 1 nitrogen and oxygen atoms in total. The highest BCUT2D eigenvalue weighted by Crippen LogP contribution is 2.09. The molecule has 0 heterocycles. The van der Waals surface area contributed by atoms with Crippen LogP contribution in [-0.4, -0.2) is 11.2 Å². The smallest absolute Gasteiger partial charge is 0.164 e. The number of hydrogen-bond donors (Lipinski definition) is 0. The molecule has 13 heavy (non-hydrogen) atoms. The fraction of sp³-hybridized carbons (Fsp3) is 0.182. The van der Waals surface area contributed by atoms with Crippen molar-refractivity contribution >= 4 is 17.4 Å². The van der Waals surface area contributed by atoms with E-state index in [1.54, 1.807) is 18.2 Å². The van der Waals surface area contributed by atoms with Crippen LogP contribution >= 0.6 is 11.6 Å². The van der Waals surface area contributed by atoms with Gasteiger partial charge in [-0.1, -0.05) is 36.4 Å².